The van der Waals surface area contributed by atoms with Crippen LogP contribution in [0.4, 0.5) is 0 Å². The molecule has 3 N–H and O–H groups in total. The maximum Gasteiger partial charge on any atom is 0.0680 e. The number of nitrogens with two attached hydrogens (primary N) is 1. The fraction of sp³-hybridized carbons (Fsp3) is 0.250. The Morgan fingerprint density at radius 3 is 2.88 bits per heavy atom. The summed E-state index contributed by atoms with van der Waals surface area (Å²) in [6, 6.07) is 10.3. The van der Waals surface area contributed by atoms with Gasteiger partial charge < -0.3 is 0 Å². The molecule has 0 bridgehead atoms. The van der Waals surface area contributed by atoms with Gasteiger partial charge in [-0.05, 0) is 30.5 Å². The molecule has 2 aromatic heterocycles. The van der Waals surface area contributed by atoms with Crippen molar-refractivity contribution in [3.05, 3.63) is 52.0 Å². The molecule has 0 aliphatic heterocycles. The second-order valence-electron chi connectivity index (χ2n) is 3.71. The summed E-state index contributed by atoms with van der Waals surface area (Å²) in [4.78, 5) is 5.80. The van der Waals surface area contributed by atoms with E-state index in [-0.39, 0.29) is 6.04 Å². The molecule has 1 atom stereocenters. The maximum atomic E-state index is 5.59. The molecule has 0 aliphatic carbocycles. The molecule has 2 heterocycles. The predicted octanol–water partition coefficient (Wildman–Crippen LogP) is 2.20. The Labute approximate surface area is 99.3 Å². The SMILES string of the molecule is Cc1cccc(C(Cc2cccs2)NN)n1. The van der Waals surface area contributed by atoms with Gasteiger partial charge in [-0.25, -0.2) is 0 Å². The average molecular weight is 233 g/mol. The first-order valence-corrected chi connectivity index (χ1v) is 6.09. The van der Waals surface area contributed by atoms with Gasteiger partial charge in [-0.3, -0.25) is 16.3 Å². The zero-order valence-corrected chi connectivity index (χ0v) is 10.00. The third kappa shape index (κ3) is 2.66. The molecule has 4 heteroatoms. The fourth-order valence-electron chi connectivity index (χ4n) is 1.64. The van der Waals surface area contributed by atoms with Gasteiger partial charge in [0, 0.05) is 17.0 Å². The van der Waals surface area contributed by atoms with Crippen LogP contribution in [0, 0.1) is 6.92 Å². The number of rotatable bonds is 4. The highest BCUT2D eigenvalue weighted by atomic mass is 32.1. The van der Waals surface area contributed by atoms with Crippen molar-refractivity contribution in [2.75, 3.05) is 0 Å². The van der Waals surface area contributed by atoms with E-state index in [1.807, 2.05) is 25.1 Å². The first-order chi connectivity index (χ1) is 7.79. The molecule has 2 aromatic rings. The van der Waals surface area contributed by atoms with E-state index in [1.54, 1.807) is 11.3 Å². The van der Waals surface area contributed by atoms with Gasteiger partial charge in [0.15, 0.2) is 0 Å². The lowest BCUT2D eigenvalue weighted by molar-refractivity contribution is 0.541. The van der Waals surface area contributed by atoms with E-state index >= 15 is 0 Å². The monoisotopic (exact) mass is 233 g/mol. The van der Waals surface area contributed by atoms with Gasteiger partial charge in [-0.1, -0.05) is 12.1 Å². The van der Waals surface area contributed by atoms with Crippen molar-refractivity contribution in [3.8, 4) is 0 Å². The van der Waals surface area contributed by atoms with Crippen LogP contribution in [0.5, 0.6) is 0 Å². The van der Waals surface area contributed by atoms with E-state index in [9.17, 15) is 0 Å². The zero-order chi connectivity index (χ0) is 11.4. The van der Waals surface area contributed by atoms with E-state index in [2.05, 4.69) is 27.9 Å². The Hall–Kier alpha value is -1.23. The van der Waals surface area contributed by atoms with E-state index < -0.39 is 0 Å². The molecule has 0 saturated carbocycles. The Morgan fingerprint density at radius 2 is 2.25 bits per heavy atom. The highest BCUT2D eigenvalue weighted by Gasteiger charge is 2.12. The van der Waals surface area contributed by atoms with E-state index in [0.717, 1.165) is 17.8 Å². The maximum absolute atomic E-state index is 5.59. The van der Waals surface area contributed by atoms with Gasteiger partial charge in [0.1, 0.15) is 0 Å². The van der Waals surface area contributed by atoms with Gasteiger partial charge in [-0.2, -0.15) is 0 Å². The summed E-state index contributed by atoms with van der Waals surface area (Å²) in [6.45, 7) is 1.99. The first kappa shape index (κ1) is 11.3. The number of hydrogen-bond acceptors (Lipinski definition) is 4. The molecule has 2 rings (SSSR count). The minimum atomic E-state index is 0.0820. The summed E-state index contributed by atoms with van der Waals surface area (Å²) in [6.07, 6.45) is 0.880. The number of pyridine rings is 1. The minimum absolute atomic E-state index is 0.0820. The molecule has 16 heavy (non-hydrogen) atoms. The van der Waals surface area contributed by atoms with Crippen LogP contribution in [-0.2, 0) is 6.42 Å². The van der Waals surface area contributed by atoms with Crippen molar-refractivity contribution in [1.82, 2.24) is 10.4 Å². The van der Waals surface area contributed by atoms with Gasteiger partial charge in [0.2, 0.25) is 0 Å². The van der Waals surface area contributed by atoms with Crippen LogP contribution in [0.25, 0.3) is 0 Å². The predicted molar refractivity (Wildman–Crippen MR) is 67.1 cm³/mol. The van der Waals surface area contributed by atoms with E-state index in [4.69, 9.17) is 5.84 Å². The van der Waals surface area contributed by atoms with Crippen LogP contribution < -0.4 is 11.3 Å². The van der Waals surface area contributed by atoms with Crippen molar-refractivity contribution < 1.29 is 0 Å². The fourth-order valence-corrected chi connectivity index (χ4v) is 2.39. The molecule has 0 aliphatic rings. The van der Waals surface area contributed by atoms with Crippen molar-refractivity contribution in [2.45, 2.75) is 19.4 Å². The van der Waals surface area contributed by atoms with Crippen LogP contribution in [0.2, 0.25) is 0 Å². The molecule has 0 radical (unpaired) electrons. The molecule has 84 valence electrons. The molecule has 0 saturated heterocycles. The topological polar surface area (TPSA) is 50.9 Å². The molecule has 3 nitrogen and oxygen atoms in total. The lowest BCUT2D eigenvalue weighted by Gasteiger charge is -2.14. The summed E-state index contributed by atoms with van der Waals surface area (Å²) >= 11 is 1.74. The summed E-state index contributed by atoms with van der Waals surface area (Å²) < 4.78 is 0. The number of aryl methyl sites for hydroxylation is 1. The summed E-state index contributed by atoms with van der Waals surface area (Å²) in [5.41, 5.74) is 4.84. The Balaban J connectivity index is 2.16. The van der Waals surface area contributed by atoms with Crippen molar-refractivity contribution >= 4 is 11.3 Å². The number of hydrazine groups is 1. The minimum Gasteiger partial charge on any atom is -0.271 e. The van der Waals surface area contributed by atoms with Crippen LogP contribution in [0.3, 0.4) is 0 Å². The second kappa shape index (κ2) is 5.21. The average Bonchev–Trinajstić information content (AvgIpc) is 2.78. The summed E-state index contributed by atoms with van der Waals surface area (Å²) in [5, 5.41) is 2.08. The second-order valence-corrected chi connectivity index (χ2v) is 4.74. The molecule has 0 aromatic carbocycles. The smallest absolute Gasteiger partial charge is 0.0680 e. The summed E-state index contributed by atoms with van der Waals surface area (Å²) in [5.74, 6) is 5.59. The largest absolute Gasteiger partial charge is 0.271 e. The van der Waals surface area contributed by atoms with Crippen molar-refractivity contribution in [3.63, 3.8) is 0 Å². The molecular formula is C12H15N3S. The lowest BCUT2D eigenvalue weighted by atomic mass is 10.1. The Kier molecular flexibility index (Phi) is 3.66. The molecule has 0 amide bonds. The number of aromatic nitrogens is 1. The standard InChI is InChI=1S/C12H15N3S/c1-9-4-2-6-11(14-9)12(15-13)8-10-5-3-7-16-10/h2-7,12,15H,8,13H2,1H3. The summed E-state index contributed by atoms with van der Waals surface area (Å²) in [7, 11) is 0. The number of thiophene rings is 1. The van der Waals surface area contributed by atoms with Gasteiger partial charge in [-0.15, -0.1) is 11.3 Å². The highest BCUT2D eigenvalue weighted by molar-refractivity contribution is 7.09. The van der Waals surface area contributed by atoms with E-state index in [0.29, 0.717) is 0 Å². The zero-order valence-electron chi connectivity index (χ0n) is 9.18. The first-order valence-electron chi connectivity index (χ1n) is 5.21. The quantitative estimate of drug-likeness (QED) is 0.629. The highest BCUT2D eigenvalue weighted by Crippen LogP contribution is 2.19. The number of hydrogen-bond donors (Lipinski definition) is 2. The van der Waals surface area contributed by atoms with E-state index in [1.165, 1.54) is 4.88 Å². The van der Waals surface area contributed by atoms with Crippen LogP contribution in [0.15, 0.2) is 35.7 Å². The van der Waals surface area contributed by atoms with Gasteiger partial charge >= 0.3 is 0 Å². The number of nitrogens with zero attached hydrogens (tertiary/aromatic N) is 1. The lowest BCUT2D eigenvalue weighted by Crippen LogP contribution is -2.30. The van der Waals surface area contributed by atoms with Gasteiger partial charge in [0.25, 0.3) is 0 Å². The Morgan fingerprint density at radius 1 is 1.38 bits per heavy atom. The molecule has 0 fully saturated rings. The third-order valence-corrected chi connectivity index (χ3v) is 3.35. The van der Waals surface area contributed by atoms with Crippen LogP contribution in [-0.4, -0.2) is 4.98 Å². The Bertz CT molecular complexity index is 439. The van der Waals surface area contributed by atoms with Crippen LogP contribution >= 0.6 is 11.3 Å². The molecule has 0 spiro atoms. The number of nitrogens with one attached hydrogen (secondary N) is 1. The van der Waals surface area contributed by atoms with Crippen molar-refractivity contribution in [2.24, 2.45) is 5.84 Å². The van der Waals surface area contributed by atoms with Crippen LogP contribution in [0.1, 0.15) is 22.3 Å². The third-order valence-electron chi connectivity index (χ3n) is 2.45. The molecule has 1 unspecified atom stereocenters. The normalized spacial score (nSPS) is 12.6. The molecular weight excluding hydrogens is 218 g/mol. The van der Waals surface area contributed by atoms with Crippen molar-refractivity contribution in [1.29, 1.82) is 0 Å². The van der Waals surface area contributed by atoms with Gasteiger partial charge in [0.05, 0.1) is 11.7 Å².